The van der Waals surface area contributed by atoms with E-state index in [9.17, 15) is 9.90 Å². The van der Waals surface area contributed by atoms with Gasteiger partial charge in [-0.25, -0.2) is 4.52 Å². The SMILES string of the molecule is O=C(C1CC1)N1CCN(c2ccnn3cc(-c4ccc(C5(O)CCOCC5)cc4)cc23)CC1. The molecule has 3 fully saturated rings. The lowest BCUT2D eigenvalue weighted by Gasteiger charge is -2.36. The van der Waals surface area contributed by atoms with Gasteiger partial charge in [-0.15, -0.1) is 0 Å². The summed E-state index contributed by atoms with van der Waals surface area (Å²) >= 11 is 0. The summed E-state index contributed by atoms with van der Waals surface area (Å²) in [5.74, 6) is 0.629. The smallest absolute Gasteiger partial charge is 0.225 e. The van der Waals surface area contributed by atoms with Crippen LogP contribution in [0.4, 0.5) is 5.69 Å². The first kappa shape index (κ1) is 20.7. The van der Waals surface area contributed by atoms with Gasteiger partial charge in [0.05, 0.1) is 16.8 Å². The summed E-state index contributed by atoms with van der Waals surface area (Å²) < 4.78 is 7.35. The van der Waals surface area contributed by atoms with Crippen LogP contribution in [0.5, 0.6) is 0 Å². The van der Waals surface area contributed by atoms with E-state index in [2.05, 4.69) is 40.5 Å². The van der Waals surface area contributed by atoms with E-state index in [1.54, 1.807) is 0 Å². The van der Waals surface area contributed by atoms with Crippen molar-refractivity contribution in [2.75, 3.05) is 44.3 Å². The molecule has 7 nitrogen and oxygen atoms in total. The Bertz CT molecular complexity index is 1150. The van der Waals surface area contributed by atoms with Crippen molar-refractivity contribution in [1.82, 2.24) is 14.5 Å². The van der Waals surface area contributed by atoms with Crippen LogP contribution in [0.25, 0.3) is 16.6 Å². The number of aromatic nitrogens is 2. The van der Waals surface area contributed by atoms with Crippen molar-refractivity contribution in [3.8, 4) is 11.1 Å². The van der Waals surface area contributed by atoms with Crippen LogP contribution in [0.1, 0.15) is 31.2 Å². The first-order chi connectivity index (χ1) is 16.1. The maximum Gasteiger partial charge on any atom is 0.225 e. The number of hydrogen-bond donors (Lipinski definition) is 1. The van der Waals surface area contributed by atoms with Crippen molar-refractivity contribution in [1.29, 1.82) is 0 Å². The van der Waals surface area contributed by atoms with Gasteiger partial charge in [-0.1, -0.05) is 24.3 Å². The van der Waals surface area contributed by atoms with Crippen LogP contribution < -0.4 is 4.90 Å². The highest BCUT2D eigenvalue weighted by Crippen LogP contribution is 2.35. The summed E-state index contributed by atoms with van der Waals surface area (Å²) in [5.41, 5.74) is 4.59. The van der Waals surface area contributed by atoms with Gasteiger partial charge in [0, 0.05) is 76.1 Å². The molecule has 0 spiro atoms. The molecule has 3 aliphatic rings. The molecular weight excluding hydrogens is 416 g/mol. The number of anilines is 1. The van der Waals surface area contributed by atoms with Gasteiger partial charge in [-0.2, -0.15) is 5.10 Å². The predicted molar refractivity (Wildman–Crippen MR) is 126 cm³/mol. The first-order valence-electron chi connectivity index (χ1n) is 12.0. The van der Waals surface area contributed by atoms with E-state index in [1.807, 2.05) is 27.7 Å². The van der Waals surface area contributed by atoms with Crippen LogP contribution in [-0.2, 0) is 15.1 Å². The molecule has 1 amide bonds. The summed E-state index contributed by atoms with van der Waals surface area (Å²) in [6, 6.07) is 12.5. The minimum atomic E-state index is -0.792. The number of hydrogen-bond acceptors (Lipinski definition) is 5. The standard InChI is InChI=1S/C26H30N4O3/c31-25(20-1-2-20)29-13-11-28(12-14-29)23-7-10-27-30-18-21(17-24(23)30)19-3-5-22(6-4-19)26(32)8-15-33-16-9-26/h3-7,10,17-18,20,32H,1-2,8-9,11-16H2. The van der Waals surface area contributed by atoms with Crippen LogP contribution >= 0.6 is 0 Å². The third-order valence-electron chi connectivity index (χ3n) is 7.42. The topological polar surface area (TPSA) is 70.3 Å². The number of carbonyl (C=O) groups excluding carboxylic acids is 1. The van der Waals surface area contributed by atoms with Gasteiger partial charge in [0.2, 0.25) is 5.91 Å². The molecule has 3 aromatic rings. The fourth-order valence-electron chi connectivity index (χ4n) is 5.15. The molecule has 33 heavy (non-hydrogen) atoms. The molecule has 172 valence electrons. The Hall–Kier alpha value is -2.90. The van der Waals surface area contributed by atoms with Gasteiger partial charge >= 0.3 is 0 Å². The molecule has 1 aromatic carbocycles. The molecule has 7 heteroatoms. The molecule has 2 aromatic heterocycles. The number of benzene rings is 1. The zero-order chi connectivity index (χ0) is 22.4. The van der Waals surface area contributed by atoms with Crippen LogP contribution in [0.3, 0.4) is 0 Å². The van der Waals surface area contributed by atoms with Gasteiger partial charge in [-0.05, 0) is 36.1 Å². The number of fused-ring (bicyclic) bond motifs is 1. The van der Waals surface area contributed by atoms with Crippen LogP contribution in [0.2, 0.25) is 0 Å². The molecule has 1 N–H and O–H groups in total. The van der Waals surface area contributed by atoms with E-state index in [4.69, 9.17) is 4.74 Å². The lowest BCUT2D eigenvalue weighted by Crippen LogP contribution is -2.49. The lowest BCUT2D eigenvalue weighted by atomic mass is 9.86. The van der Waals surface area contributed by atoms with Gasteiger partial charge in [0.15, 0.2) is 0 Å². The van der Waals surface area contributed by atoms with E-state index < -0.39 is 5.60 Å². The summed E-state index contributed by atoms with van der Waals surface area (Å²) in [4.78, 5) is 16.8. The summed E-state index contributed by atoms with van der Waals surface area (Å²) in [6.45, 7) is 4.45. The third-order valence-corrected chi connectivity index (χ3v) is 7.42. The molecule has 0 radical (unpaired) electrons. The number of carbonyl (C=O) groups is 1. The van der Waals surface area contributed by atoms with Crippen molar-refractivity contribution in [2.45, 2.75) is 31.3 Å². The maximum atomic E-state index is 12.4. The van der Waals surface area contributed by atoms with Crippen molar-refractivity contribution in [3.63, 3.8) is 0 Å². The van der Waals surface area contributed by atoms with Gasteiger partial charge in [0.1, 0.15) is 0 Å². The second-order valence-corrected chi connectivity index (χ2v) is 9.58. The fraction of sp³-hybridized carbons (Fsp3) is 0.462. The minimum Gasteiger partial charge on any atom is -0.385 e. The average Bonchev–Trinajstić information content (AvgIpc) is 3.62. The Morgan fingerprint density at radius 1 is 1.00 bits per heavy atom. The van der Waals surface area contributed by atoms with Crippen molar-refractivity contribution < 1.29 is 14.6 Å². The Morgan fingerprint density at radius 2 is 1.73 bits per heavy atom. The molecular formula is C26H30N4O3. The highest BCUT2D eigenvalue weighted by molar-refractivity contribution is 5.82. The zero-order valence-corrected chi connectivity index (χ0v) is 18.8. The number of nitrogens with zero attached hydrogens (tertiary/aromatic N) is 4. The number of rotatable bonds is 4. The Morgan fingerprint density at radius 3 is 2.42 bits per heavy atom. The van der Waals surface area contributed by atoms with E-state index in [-0.39, 0.29) is 5.92 Å². The molecule has 0 bridgehead atoms. The molecule has 1 aliphatic carbocycles. The normalized spacial score (nSPS) is 20.9. The van der Waals surface area contributed by atoms with E-state index >= 15 is 0 Å². The third kappa shape index (κ3) is 3.89. The molecule has 0 unspecified atom stereocenters. The average molecular weight is 447 g/mol. The molecule has 2 aliphatic heterocycles. The second-order valence-electron chi connectivity index (χ2n) is 9.58. The lowest BCUT2D eigenvalue weighted by molar-refractivity contribution is -0.132. The number of amides is 1. The Kier molecular flexibility index (Phi) is 5.11. The maximum absolute atomic E-state index is 12.4. The van der Waals surface area contributed by atoms with Crippen molar-refractivity contribution >= 4 is 17.1 Å². The van der Waals surface area contributed by atoms with Crippen LogP contribution in [0, 0.1) is 5.92 Å². The summed E-state index contributed by atoms with van der Waals surface area (Å²) in [5, 5.41) is 15.5. The quantitative estimate of drug-likeness (QED) is 0.667. The highest BCUT2D eigenvalue weighted by Gasteiger charge is 2.35. The minimum absolute atomic E-state index is 0.288. The largest absolute Gasteiger partial charge is 0.385 e. The number of piperazine rings is 1. The molecule has 0 atom stereocenters. The predicted octanol–water partition coefficient (Wildman–Crippen LogP) is 3.06. The first-order valence-corrected chi connectivity index (χ1v) is 12.0. The van der Waals surface area contributed by atoms with Crippen molar-refractivity contribution in [2.24, 2.45) is 5.92 Å². The molecule has 4 heterocycles. The van der Waals surface area contributed by atoms with Gasteiger partial charge in [-0.3, -0.25) is 4.79 Å². The monoisotopic (exact) mass is 446 g/mol. The fourth-order valence-corrected chi connectivity index (χ4v) is 5.15. The summed E-state index contributed by atoms with van der Waals surface area (Å²) in [6.07, 6.45) is 7.29. The summed E-state index contributed by atoms with van der Waals surface area (Å²) in [7, 11) is 0. The van der Waals surface area contributed by atoms with Gasteiger partial charge < -0.3 is 19.6 Å². The number of ether oxygens (including phenoxy) is 1. The second kappa shape index (κ2) is 8.15. The zero-order valence-electron chi connectivity index (χ0n) is 18.8. The Labute approximate surface area is 193 Å². The number of aliphatic hydroxyl groups is 1. The molecule has 2 saturated heterocycles. The van der Waals surface area contributed by atoms with E-state index in [0.29, 0.717) is 32.0 Å². The molecule has 1 saturated carbocycles. The molecule has 6 rings (SSSR count). The van der Waals surface area contributed by atoms with Crippen LogP contribution in [0.15, 0.2) is 48.8 Å². The van der Waals surface area contributed by atoms with E-state index in [1.165, 1.54) is 0 Å². The van der Waals surface area contributed by atoms with Crippen molar-refractivity contribution in [3.05, 3.63) is 54.4 Å². The van der Waals surface area contributed by atoms with E-state index in [0.717, 1.165) is 66.9 Å². The van der Waals surface area contributed by atoms with Gasteiger partial charge in [0.25, 0.3) is 0 Å². The van der Waals surface area contributed by atoms with Crippen LogP contribution in [-0.4, -0.2) is 64.9 Å². The Balaban J connectivity index is 1.22. The highest BCUT2D eigenvalue weighted by atomic mass is 16.5.